The number of hydrogen-bond donors (Lipinski definition) is 1. The Bertz CT molecular complexity index is 345. The molecule has 1 aliphatic heterocycles. The van der Waals surface area contributed by atoms with E-state index in [0.717, 1.165) is 5.56 Å². The summed E-state index contributed by atoms with van der Waals surface area (Å²) in [6, 6.07) is 3.30. The number of phenolic OH excluding ortho intramolecular Hbond substituents is 1. The molecule has 76 valence electrons. The predicted octanol–water partition coefficient (Wildman–Crippen LogP) is 2.40. The van der Waals surface area contributed by atoms with Crippen LogP contribution in [0.3, 0.4) is 0 Å². The van der Waals surface area contributed by atoms with E-state index < -0.39 is 6.29 Å². The van der Waals surface area contributed by atoms with Crippen LogP contribution in [0.4, 0.5) is 0 Å². The van der Waals surface area contributed by atoms with Crippen LogP contribution in [0.5, 0.6) is 5.75 Å². The third-order valence-electron chi connectivity index (χ3n) is 2.18. The number of benzene rings is 1. The van der Waals surface area contributed by atoms with Gasteiger partial charge in [0.05, 0.1) is 18.8 Å². The third kappa shape index (κ3) is 1.71. The Balaban J connectivity index is 2.37. The standard InChI is InChI=1S/C10H11ClO3/c1-6-4-9(12)7(5-8(6)11)10-13-2-3-14-10/h4-5,10,12H,2-3H2,1H3. The minimum absolute atomic E-state index is 0.166. The molecule has 1 aromatic rings. The van der Waals surface area contributed by atoms with E-state index >= 15 is 0 Å². The molecule has 1 heterocycles. The predicted molar refractivity (Wildman–Crippen MR) is 52.5 cm³/mol. The topological polar surface area (TPSA) is 38.7 Å². The number of halogens is 1. The third-order valence-corrected chi connectivity index (χ3v) is 2.59. The summed E-state index contributed by atoms with van der Waals surface area (Å²) in [5, 5.41) is 10.3. The molecule has 0 bridgehead atoms. The molecule has 0 unspecified atom stereocenters. The van der Waals surface area contributed by atoms with Gasteiger partial charge in [-0.1, -0.05) is 11.6 Å². The minimum atomic E-state index is -0.479. The van der Waals surface area contributed by atoms with Gasteiger partial charge in [-0.25, -0.2) is 0 Å². The second-order valence-electron chi connectivity index (χ2n) is 3.23. The van der Waals surface area contributed by atoms with E-state index in [1.807, 2.05) is 6.92 Å². The van der Waals surface area contributed by atoms with Gasteiger partial charge in [0.1, 0.15) is 5.75 Å². The van der Waals surface area contributed by atoms with Crippen molar-refractivity contribution < 1.29 is 14.6 Å². The van der Waals surface area contributed by atoms with Crippen molar-refractivity contribution in [2.24, 2.45) is 0 Å². The first-order chi connectivity index (χ1) is 6.68. The Labute approximate surface area is 87.2 Å². The molecule has 1 aromatic carbocycles. The van der Waals surface area contributed by atoms with Crippen molar-refractivity contribution >= 4 is 11.6 Å². The summed E-state index contributed by atoms with van der Waals surface area (Å²) in [5.41, 5.74) is 1.43. The lowest BCUT2D eigenvalue weighted by molar-refractivity contribution is -0.0454. The van der Waals surface area contributed by atoms with Gasteiger partial charge in [-0.3, -0.25) is 0 Å². The highest BCUT2D eigenvalue weighted by molar-refractivity contribution is 6.31. The molecule has 0 saturated carbocycles. The number of ether oxygens (including phenoxy) is 2. The van der Waals surface area contributed by atoms with Crippen molar-refractivity contribution in [1.29, 1.82) is 0 Å². The van der Waals surface area contributed by atoms with Crippen molar-refractivity contribution in [2.75, 3.05) is 13.2 Å². The van der Waals surface area contributed by atoms with Crippen molar-refractivity contribution in [3.05, 3.63) is 28.3 Å². The van der Waals surface area contributed by atoms with Crippen LogP contribution >= 0.6 is 11.6 Å². The second kappa shape index (κ2) is 3.77. The highest BCUT2D eigenvalue weighted by Gasteiger charge is 2.22. The van der Waals surface area contributed by atoms with Crippen molar-refractivity contribution in [2.45, 2.75) is 13.2 Å². The molecule has 0 atom stereocenters. The summed E-state index contributed by atoms with van der Waals surface area (Å²) in [6.07, 6.45) is -0.479. The zero-order chi connectivity index (χ0) is 10.1. The molecule has 1 N–H and O–H groups in total. The molecule has 0 amide bonds. The fourth-order valence-electron chi connectivity index (χ4n) is 1.41. The van der Waals surface area contributed by atoms with Gasteiger partial charge < -0.3 is 14.6 Å². The molecular weight excluding hydrogens is 204 g/mol. The van der Waals surface area contributed by atoms with E-state index in [2.05, 4.69) is 0 Å². The normalized spacial score (nSPS) is 17.6. The second-order valence-corrected chi connectivity index (χ2v) is 3.64. The van der Waals surface area contributed by atoms with Gasteiger partial charge >= 0.3 is 0 Å². The van der Waals surface area contributed by atoms with Gasteiger partial charge in [0, 0.05) is 5.02 Å². The van der Waals surface area contributed by atoms with E-state index in [4.69, 9.17) is 21.1 Å². The molecule has 0 aromatic heterocycles. The van der Waals surface area contributed by atoms with E-state index in [0.29, 0.717) is 23.8 Å². The van der Waals surface area contributed by atoms with Crippen LogP contribution in [0, 0.1) is 6.92 Å². The molecule has 0 aliphatic carbocycles. The summed E-state index contributed by atoms with van der Waals surface area (Å²) in [7, 11) is 0. The van der Waals surface area contributed by atoms with Crippen LogP contribution < -0.4 is 0 Å². The van der Waals surface area contributed by atoms with Crippen molar-refractivity contribution in [3.63, 3.8) is 0 Å². The quantitative estimate of drug-likeness (QED) is 0.780. The molecule has 3 nitrogen and oxygen atoms in total. The van der Waals surface area contributed by atoms with Crippen LogP contribution in [-0.4, -0.2) is 18.3 Å². The molecular formula is C10H11ClO3. The minimum Gasteiger partial charge on any atom is -0.507 e. The van der Waals surface area contributed by atoms with E-state index in [-0.39, 0.29) is 5.75 Å². The summed E-state index contributed by atoms with van der Waals surface area (Å²) < 4.78 is 10.5. The van der Waals surface area contributed by atoms with E-state index in [1.54, 1.807) is 12.1 Å². The summed E-state index contributed by atoms with van der Waals surface area (Å²) >= 11 is 5.94. The van der Waals surface area contributed by atoms with Gasteiger partial charge in [0.2, 0.25) is 0 Å². The maximum Gasteiger partial charge on any atom is 0.187 e. The van der Waals surface area contributed by atoms with Gasteiger partial charge in [-0.15, -0.1) is 0 Å². The van der Waals surface area contributed by atoms with Gasteiger partial charge in [0.25, 0.3) is 0 Å². The molecule has 0 spiro atoms. The fourth-order valence-corrected chi connectivity index (χ4v) is 1.58. The SMILES string of the molecule is Cc1cc(O)c(C2OCCO2)cc1Cl. The highest BCUT2D eigenvalue weighted by atomic mass is 35.5. The van der Waals surface area contributed by atoms with Crippen LogP contribution in [-0.2, 0) is 9.47 Å². The number of hydrogen-bond acceptors (Lipinski definition) is 3. The van der Waals surface area contributed by atoms with Crippen molar-refractivity contribution in [3.8, 4) is 5.75 Å². The average Bonchev–Trinajstić information content (AvgIpc) is 2.64. The maximum absolute atomic E-state index is 9.66. The average molecular weight is 215 g/mol. The van der Waals surface area contributed by atoms with Gasteiger partial charge in [-0.2, -0.15) is 0 Å². The molecule has 1 aliphatic rings. The largest absolute Gasteiger partial charge is 0.507 e. The maximum atomic E-state index is 9.66. The number of phenols is 1. The molecule has 0 radical (unpaired) electrons. The Hall–Kier alpha value is -0.770. The monoisotopic (exact) mass is 214 g/mol. The lowest BCUT2D eigenvalue weighted by Gasteiger charge is -2.12. The number of rotatable bonds is 1. The Morgan fingerprint density at radius 2 is 2.00 bits per heavy atom. The molecule has 2 rings (SSSR count). The van der Waals surface area contributed by atoms with Crippen LogP contribution in [0.25, 0.3) is 0 Å². The number of aromatic hydroxyl groups is 1. The van der Waals surface area contributed by atoms with Gasteiger partial charge in [-0.05, 0) is 24.6 Å². The first-order valence-corrected chi connectivity index (χ1v) is 4.78. The molecule has 4 heteroatoms. The van der Waals surface area contributed by atoms with E-state index in [1.165, 1.54) is 0 Å². The smallest absolute Gasteiger partial charge is 0.187 e. The summed E-state index contributed by atoms with van der Waals surface area (Å²) in [6.45, 7) is 2.94. The first-order valence-electron chi connectivity index (χ1n) is 4.40. The molecule has 1 fully saturated rings. The fraction of sp³-hybridized carbons (Fsp3) is 0.400. The molecule has 14 heavy (non-hydrogen) atoms. The Morgan fingerprint density at radius 3 is 2.64 bits per heavy atom. The first kappa shape index (κ1) is 9.77. The van der Waals surface area contributed by atoms with Gasteiger partial charge in [0.15, 0.2) is 6.29 Å². The summed E-state index contributed by atoms with van der Waals surface area (Å²) in [4.78, 5) is 0. The van der Waals surface area contributed by atoms with Crippen LogP contribution in [0.15, 0.2) is 12.1 Å². The Morgan fingerprint density at radius 1 is 1.36 bits per heavy atom. The van der Waals surface area contributed by atoms with E-state index in [9.17, 15) is 5.11 Å². The summed E-state index contributed by atoms with van der Waals surface area (Å²) in [5.74, 6) is 0.166. The molecule has 1 saturated heterocycles. The zero-order valence-corrected chi connectivity index (χ0v) is 8.54. The van der Waals surface area contributed by atoms with Crippen LogP contribution in [0.1, 0.15) is 17.4 Å². The van der Waals surface area contributed by atoms with Crippen LogP contribution in [0.2, 0.25) is 5.02 Å². The Kier molecular flexibility index (Phi) is 2.63. The number of aryl methyl sites for hydroxylation is 1. The lowest BCUT2D eigenvalue weighted by Crippen LogP contribution is -1.98. The highest BCUT2D eigenvalue weighted by Crippen LogP contribution is 2.34. The zero-order valence-electron chi connectivity index (χ0n) is 7.79. The van der Waals surface area contributed by atoms with Crippen molar-refractivity contribution in [1.82, 2.24) is 0 Å². The lowest BCUT2D eigenvalue weighted by atomic mass is 10.1.